The highest BCUT2D eigenvalue weighted by Gasteiger charge is 2.27. The van der Waals surface area contributed by atoms with Gasteiger partial charge in [0.15, 0.2) is 5.58 Å². The number of nitrogens with zero attached hydrogens (tertiary/aromatic N) is 2. The van der Waals surface area contributed by atoms with E-state index in [9.17, 15) is 9.59 Å². The topological polar surface area (TPSA) is 55.5 Å². The second kappa shape index (κ2) is 6.11. The molecule has 0 bridgehead atoms. The van der Waals surface area contributed by atoms with Crippen molar-refractivity contribution in [2.24, 2.45) is 0 Å². The molecule has 0 radical (unpaired) electrons. The predicted molar refractivity (Wildman–Crippen MR) is 94.0 cm³/mol. The van der Waals surface area contributed by atoms with Crippen LogP contribution >= 0.6 is 22.9 Å². The van der Waals surface area contributed by atoms with Crippen LogP contribution in [0.1, 0.15) is 28.6 Å². The van der Waals surface area contributed by atoms with Crippen LogP contribution in [0.15, 0.2) is 44.9 Å². The van der Waals surface area contributed by atoms with Crippen LogP contribution in [-0.4, -0.2) is 28.5 Å². The average molecular weight is 363 g/mol. The maximum absolute atomic E-state index is 12.4. The van der Waals surface area contributed by atoms with Crippen molar-refractivity contribution in [1.29, 1.82) is 0 Å². The summed E-state index contributed by atoms with van der Waals surface area (Å²) in [6.45, 7) is 1.25. The molecule has 0 atom stereocenters. The van der Waals surface area contributed by atoms with Crippen LogP contribution in [0.25, 0.3) is 11.1 Å². The highest BCUT2D eigenvalue weighted by atomic mass is 35.5. The lowest BCUT2D eigenvalue weighted by molar-refractivity contribution is 0.0699. The Bertz CT molecular complexity index is 937. The van der Waals surface area contributed by atoms with E-state index in [1.54, 1.807) is 22.8 Å². The van der Waals surface area contributed by atoms with Gasteiger partial charge in [-0.2, -0.15) is 0 Å². The first kappa shape index (κ1) is 15.5. The van der Waals surface area contributed by atoms with Gasteiger partial charge in [0.2, 0.25) is 0 Å². The number of hydrogen-bond acceptors (Lipinski definition) is 4. The van der Waals surface area contributed by atoms with Gasteiger partial charge in [-0.05, 0) is 42.5 Å². The van der Waals surface area contributed by atoms with Gasteiger partial charge in [-0.1, -0.05) is 17.7 Å². The smallest absolute Gasteiger partial charge is 0.408 e. The van der Waals surface area contributed by atoms with Crippen molar-refractivity contribution in [1.82, 2.24) is 9.47 Å². The lowest BCUT2D eigenvalue weighted by atomic mass is 10.0. The Morgan fingerprint density at radius 2 is 2.04 bits per heavy atom. The number of thiophene rings is 1. The number of halogens is 1. The number of oxazole rings is 1. The molecule has 3 heterocycles. The summed E-state index contributed by atoms with van der Waals surface area (Å²) in [5, 5.41) is 2.48. The zero-order valence-electron chi connectivity index (χ0n) is 12.8. The van der Waals surface area contributed by atoms with Crippen molar-refractivity contribution in [2.45, 2.75) is 18.9 Å². The lowest BCUT2D eigenvalue weighted by Gasteiger charge is -2.32. The van der Waals surface area contributed by atoms with E-state index in [2.05, 4.69) is 0 Å². The molecule has 7 heteroatoms. The summed E-state index contributed by atoms with van der Waals surface area (Å²) >= 11 is 7.50. The molecule has 5 nitrogen and oxygen atoms in total. The lowest BCUT2D eigenvalue weighted by Crippen LogP contribution is -2.40. The molecule has 0 unspecified atom stereocenters. The van der Waals surface area contributed by atoms with E-state index in [-0.39, 0.29) is 17.7 Å². The van der Waals surface area contributed by atoms with Gasteiger partial charge in [0.25, 0.3) is 5.91 Å². The first-order valence-corrected chi connectivity index (χ1v) is 9.02. The van der Waals surface area contributed by atoms with Gasteiger partial charge >= 0.3 is 5.76 Å². The number of piperidine rings is 1. The Morgan fingerprint density at radius 3 is 2.75 bits per heavy atom. The minimum absolute atomic E-state index is 0.0182. The van der Waals surface area contributed by atoms with Gasteiger partial charge in [0.1, 0.15) is 0 Å². The standard InChI is InChI=1S/C17H15ClN2O3S/c18-11-3-4-14-13(10-11)20(17(22)23-14)12-5-7-19(8-6-12)16(21)15-2-1-9-24-15/h1-4,9-10,12H,5-8H2. The molecule has 2 aromatic heterocycles. The second-order valence-electron chi connectivity index (χ2n) is 5.85. The molecule has 1 fully saturated rings. The number of carbonyl (C=O) groups excluding carboxylic acids is 1. The minimum atomic E-state index is -0.365. The Labute approximate surface area is 147 Å². The van der Waals surface area contributed by atoms with Crippen LogP contribution in [0, 0.1) is 0 Å². The molecule has 0 aliphatic carbocycles. The summed E-state index contributed by atoms with van der Waals surface area (Å²) in [4.78, 5) is 27.2. The number of benzene rings is 1. The van der Waals surface area contributed by atoms with Crippen LogP contribution in [0.4, 0.5) is 0 Å². The summed E-state index contributed by atoms with van der Waals surface area (Å²) in [6, 6.07) is 8.92. The third-order valence-electron chi connectivity index (χ3n) is 4.42. The molecule has 1 aliphatic rings. The first-order valence-electron chi connectivity index (χ1n) is 7.77. The van der Waals surface area contributed by atoms with Crippen LogP contribution in [0.5, 0.6) is 0 Å². The SMILES string of the molecule is O=C(c1cccs1)N1CCC(n2c(=O)oc3ccc(Cl)cc32)CC1. The van der Waals surface area contributed by atoms with Gasteiger partial charge < -0.3 is 9.32 Å². The molecule has 1 amide bonds. The second-order valence-corrected chi connectivity index (χ2v) is 7.23. The summed E-state index contributed by atoms with van der Waals surface area (Å²) in [5.74, 6) is -0.300. The van der Waals surface area contributed by atoms with Gasteiger partial charge in [0, 0.05) is 24.2 Å². The molecular formula is C17H15ClN2O3S. The van der Waals surface area contributed by atoms with E-state index in [0.717, 1.165) is 23.2 Å². The van der Waals surface area contributed by atoms with Crippen LogP contribution in [0.2, 0.25) is 5.02 Å². The normalized spacial score (nSPS) is 16.0. The summed E-state index contributed by atoms with van der Waals surface area (Å²) in [5.41, 5.74) is 1.26. The van der Waals surface area contributed by atoms with E-state index < -0.39 is 0 Å². The largest absolute Gasteiger partial charge is 0.420 e. The van der Waals surface area contributed by atoms with Crippen LogP contribution in [0.3, 0.4) is 0 Å². The number of aromatic nitrogens is 1. The van der Waals surface area contributed by atoms with E-state index in [4.69, 9.17) is 16.0 Å². The molecular weight excluding hydrogens is 348 g/mol. The number of carbonyl (C=O) groups is 1. The highest BCUT2D eigenvalue weighted by molar-refractivity contribution is 7.12. The maximum Gasteiger partial charge on any atom is 0.420 e. The van der Waals surface area contributed by atoms with E-state index in [1.165, 1.54) is 11.3 Å². The van der Waals surface area contributed by atoms with Crippen molar-refractivity contribution in [3.63, 3.8) is 0 Å². The molecule has 124 valence electrons. The molecule has 4 rings (SSSR count). The molecule has 1 aliphatic heterocycles. The van der Waals surface area contributed by atoms with Crippen molar-refractivity contribution < 1.29 is 9.21 Å². The van der Waals surface area contributed by atoms with Gasteiger partial charge in [-0.15, -0.1) is 11.3 Å². The fourth-order valence-corrected chi connectivity index (χ4v) is 4.09. The fraction of sp³-hybridized carbons (Fsp3) is 0.294. The molecule has 1 saturated heterocycles. The molecule has 0 spiro atoms. The first-order chi connectivity index (χ1) is 11.6. The molecule has 1 aromatic carbocycles. The van der Waals surface area contributed by atoms with Gasteiger partial charge in [-0.3, -0.25) is 9.36 Å². The Morgan fingerprint density at radius 1 is 1.25 bits per heavy atom. The minimum Gasteiger partial charge on any atom is -0.408 e. The summed E-state index contributed by atoms with van der Waals surface area (Å²) in [6.07, 6.45) is 1.44. The molecule has 24 heavy (non-hydrogen) atoms. The van der Waals surface area contributed by atoms with Crippen LogP contribution < -0.4 is 5.76 Å². The maximum atomic E-state index is 12.4. The number of hydrogen-bond donors (Lipinski definition) is 0. The Hall–Kier alpha value is -2.05. The van der Waals surface area contributed by atoms with E-state index in [0.29, 0.717) is 23.7 Å². The molecule has 0 N–H and O–H groups in total. The quantitative estimate of drug-likeness (QED) is 0.697. The summed E-state index contributed by atoms with van der Waals surface area (Å²) < 4.78 is 6.99. The zero-order valence-corrected chi connectivity index (χ0v) is 14.3. The van der Waals surface area contributed by atoms with Crippen molar-refractivity contribution in [2.75, 3.05) is 13.1 Å². The Kier molecular flexibility index (Phi) is 3.94. The Balaban J connectivity index is 1.56. The third-order valence-corrected chi connectivity index (χ3v) is 5.52. The zero-order chi connectivity index (χ0) is 16.7. The number of amides is 1. The summed E-state index contributed by atoms with van der Waals surface area (Å²) in [7, 11) is 0. The number of likely N-dealkylation sites (tertiary alicyclic amines) is 1. The highest BCUT2D eigenvalue weighted by Crippen LogP contribution is 2.28. The van der Waals surface area contributed by atoms with E-state index >= 15 is 0 Å². The molecule has 3 aromatic rings. The predicted octanol–water partition coefficient (Wildman–Crippen LogP) is 3.79. The third kappa shape index (κ3) is 2.65. The van der Waals surface area contributed by atoms with Gasteiger partial charge in [0.05, 0.1) is 10.4 Å². The van der Waals surface area contributed by atoms with Crippen molar-refractivity contribution in [3.05, 3.63) is 56.2 Å². The fourth-order valence-electron chi connectivity index (χ4n) is 3.24. The number of rotatable bonds is 2. The van der Waals surface area contributed by atoms with E-state index in [1.807, 2.05) is 22.4 Å². The van der Waals surface area contributed by atoms with Crippen LogP contribution in [-0.2, 0) is 0 Å². The van der Waals surface area contributed by atoms with Crippen molar-refractivity contribution in [3.8, 4) is 0 Å². The van der Waals surface area contributed by atoms with Crippen molar-refractivity contribution >= 4 is 39.9 Å². The average Bonchev–Trinajstić information content (AvgIpc) is 3.21. The monoisotopic (exact) mass is 362 g/mol. The van der Waals surface area contributed by atoms with Gasteiger partial charge in [-0.25, -0.2) is 4.79 Å². The number of fused-ring (bicyclic) bond motifs is 1. The molecule has 0 saturated carbocycles.